The number of hydrogen-bond donors (Lipinski definition) is 0. The Hall–Kier alpha value is -2.43. The molecule has 0 spiro atoms. The second-order valence-corrected chi connectivity index (χ2v) is 6.21. The highest BCUT2D eigenvalue weighted by Crippen LogP contribution is 2.30. The van der Waals surface area contributed by atoms with E-state index < -0.39 is 0 Å². The Kier molecular flexibility index (Phi) is 5.08. The number of nitrogens with zero attached hydrogens (tertiary/aromatic N) is 2. The Morgan fingerprint density at radius 2 is 1.92 bits per heavy atom. The molecule has 126 valence electrons. The van der Waals surface area contributed by atoms with Crippen LogP contribution in [0.2, 0.25) is 0 Å². The molecule has 0 N–H and O–H groups in total. The Bertz CT molecular complexity index is 751. The fourth-order valence-corrected chi connectivity index (χ4v) is 3.26. The van der Waals surface area contributed by atoms with Crippen molar-refractivity contribution >= 4 is 5.91 Å². The summed E-state index contributed by atoms with van der Waals surface area (Å²) in [6.07, 6.45) is 7.15. The van der Waals surface area contributed by atoms with Crippen LogP contribution in [0.25, 0.3) is 0 Å². The fraction of sp³-hybridized carbons (Fsp3) is 0.368. The summed E-state index contributed by atoms with van der Waals surface area (Å²) in [5, 5.41) is 0. The van der Waals surface area contributed by atoms with Crippen LogP contribution in [0.3, 0.4) is 0 Å². The molecule has 1 atom stereocenters. The van der Waals surface area contributed by atoms with Gasteiger partial charge in [0, 0.05) is 31.1 Å². The first-order chi connectivity index (χ1) is 11.6. The maximum Gasteiger partial charge on any atom is 0.242 e. The van der Waals surface area contributed by atoms with Crippen LogP contribution in [-0.4, -0.2) is 21.9 Å². The summed E-state index contributed by atoms with van der Waals surface area (Å²) in [7, 11) is 0. The van der Waals surface area contributed by atoms with Gasteiger partial charge >= 0.3 is 0 Å². The van der Waals surface area contributed by atoms with Crippen LogP contribution >= 0.6 is 0 Å². The van der Waals surface area contributed by atoms with Gasteiger partial charge in [-0.2, -0.15) is 0 Å². The lowest BCUT2D eigenvalue weighted by Crippen LogP contribution is -2.37. The summed E-state index contributed by atoms with van der Waals surface area (Å²) in [4.78, 5) is 25.8. The number of amides is 1. The minimum Gasteiger partial charge on any atom is -0.345 e. The van der Waals surface area contributed by atoms with E-state index in [1.807, 2.05) is 11.0 Å². The van der Waals surface area contributed by atoms with Crippen molar-refractivity contribution in [1.82, 2.24) is 9.47 Å². The van der Waals surface area contributed by atoms with E-state index in [1.165, 1.54) is 24.3 Å². The number of rotatable bonds is 3. The number of pyridine rings is 1. The average Bonchev–Trinajstić information content (AvgIpc) is 2.83. The van der Waals surface area contributed by atoms with Crippen molar-refractivity contribution in [2.75, 3.05) is 6.54 Å². The van der Waals surface area contributed by atoms with Crippen LogP contribution in [0.4, 0.5) is 4.39 Å². The van der Waals surface area contributed by atoms with Gasteiger partial charge in [0.2, 0.25) is 5.91 Å². The van der Waals surface area contributed by atoms with Crippen molar-refractivity contribution in [3.8, 4) is 0 Å². The Labute approximate surface area is 140 Å². The first kappa shape index (κ1) is 16.4. The van der Waals surface area contributed by atoms with Crippen LogP contribution < -0.4 is 5.43 Å². The number of benzene rings is 1. The van der Waals surface area contributed by atoms with E-state index in [9.17, 15) is 14.0 Å². The standard InChI is InChI=1S/C19H21FN2O2/c20-16-6-4-5-15(13-16)18-7-2-1-3-10-22(18)19(24)14-21-11-8-17(23)9-12-21/h4-6,8-9,11-13,18H,1-3,7,10,14H2/t18-/m1/s1. The lowest BCUT2D eigenvalue weighted by molar-refractivity contribution is -0.134. The van der Waals surface area contributed by atoms with Crippen molar-refractivity contribution < 1.29 is 9.18 Å². The van der Waals surface area contributed by atoms with Gasteiger partial charge in [0.25, 0.3) is 0 Å². The lowest BCUT2D eigenvalue weighted by Gasteiger charge is -2.31. The van der Waals surface area contributed by atoms with Crippen molar-refractivity contribution in [3.05, 3.63) is 70.4 Å². The van der Waals surface area contributed by atoms with Crippen LogP contribution in [-0.2, 0) is 11.3 Å². The van der Waals surface area contributed by atoms with Crippen LogP contribution in [0, 0.1) is 5.82 Å². The molecule has 4 nitrogen and oxygen atoms in total. The first-order valence-corrected chi connectivity index (χ1v) is 8.34. The lowest BCUT2D eigenvalue weighted by atomic mass is 10.0. The van der Waals surface area contributed by atoms with Gasteiger partial charge in [-0.1, -0.05) is 25.0 Å². The summed E-state index contributed by atoms with van der Waals surface area (Å²) in [5.74, 6) is -0.278. The second-order valence-electron chi connectivity index (χ2n) is 6.21. The molecule has 3 rings (SSSR count). The number of aromatic nitrogens is 1. The molecule has 2 heterocycles. The van der Waals surface area contributed by atoms with Crippen molar-refractivity contribution in [1.29, 1.82) is 0 Å². The largest absolute Gasteiger partial charge is 0.345 e. The van der Waals surface area contributed by atoms with Gasteiger partial charge in [-0.3, -0.25) is 9.59 Å². The van der Waals surface area contributed by atoms with Gasteiger partial charge in [0.05, 0.1) is 6.04 Å². The van der Waals surface area contributed by atoms with Gasteiger partial charge in [0.1, 0.15) is 12.4 Å². The number of hydrogen-bond acceptors (Lipinski definition) is 2. The molecule has 1 aliphatic heterocycles. The van der Waals surface area contributed by atoms with E-state index in [2.05, 4.69) is 0 Å². The molecule has 1 aromatic carbocycles. The number of carbonyl (C=O) groups is 1. The quantitative estimate of drug-likeness (QED) is 0.869. The topological polar surface area (TPSA) is 42.3 Å². The molecule has 0 radical (unpaired) electrons. The van der Waals surface area contributed by atoms with Crippen molar-refractivity contribution in [2.45, 2.75) is 38.3 Å². The van der Waals surface area contributed by atoms with Crippen molar-refractivity contribution in [3.63, 3.8) is 0 Å². The number of likely N-dealkylation sites (tertiary alicyclic amines) is 1. The van der Waals surface area contributed by atoms with Crippen molar-refractivity contribution in [2.24, 2.45) is 0 Å². The molecular formula is C19H21FN2O2. The van der Waals surface area contributed by atoms with Crippen LogP contribution in [0.15, 0.2) is 53.6 Å². The highest BCUT2D eigenvalue weighted by molar-refractivity contribution is 5.76. The highest BCUT2D eigenvalue weighted by atomic mass is 19.1. The monoisotopic (exact) mass is 328 g/mol. The molecule has 1 saturated heterocycles. The molecule has 1 amide bonds. The summed E-state index contributed by atoms with van der Waals surface area (Å²) in [5.41, 5.74) is 0.774. The average molecular weight is 328 g/mol. The molecule has 24 heavy (non-hydrogen) atoms. The summed E-state index contributed by atoms with van der Waals surface area (Å²) in [6.45, 7) is 0.867. The molecular weight excluding hydrogens is 307 g/mol. The van der Waals surface area contributed by atoms with E-state index in [-0.39, 0.29) is 29.7 Å². The summed E-state index contributed by atoms with van der Waals surface area (Å²) >= 11 is 0. The molecule has 0 saturated carbocycles. The third kappa shape index (κ3) is 3.91. The first-order valence-electron chi connectivity index (χ1n) is 8.34. The SMILES string of the molecule is O=C(Cn1ccc(=O)cc1)N1CCCCC[C@@H]1c1cccc(F)c1. The predicted molar refractivity (Wildman–Crippen MR) is 90.0 cm³/mol. The maximum absolute atomic E-state index is 13.6. The molecule has 2 aromatic rings. The smallest absolute Gasteiger partial charge is 0.242 e. The predicted octanol–water partition coefficient (Wildman–Crippen LogP) is 3.13. The molecule has 0 bridgehead atoms. The zero-order valence-corrected chi connectivity index (χ0v) is 13.5. The summed E-state index contributed by atoms with van der Waals surface area (Å²) < 4.78 is 15.3. The molecule has 0 aliphatic carbocycles. The molecule has 1 fully saturated rings. The number of carbonyl (C=O) groups excluding carboxylic acids is 1. The highest BCUT2D eigenvalue weighted by Gasteiger charge is 2.26. The van der Waals surface area contributed by atoms with Crippen LogP contribution in [0.5, 0.6) is 0 Å². The van der Waals surface area contributed by atoms with Crippen LogP contribution in [0.1, 0.15) is 37.3 Å². The van der Waals surface area contributed by atoms with Gasteiger partial charge < -0.3 is 9.47 Å². The maximum atomic E-state index is 13.6. The molecule has 5 heteroatoms. The Morgan fingerprint density at radius 3 is 2.67 bits per heavy atom. The van der Waals surface area contributed by atoms with E-state index in [0.29, 0.717) is 6.54 Å². The van der Waals surface area contributed by atoms with E-state index in [4.69, 9.17) is 0 Å². The minimum atomic E-state index is -0.274. The second kappa shape index (κ2) is 7.43. The zero-order valence-electron chi connectivity index (χ0n) is 13.5. The Balaban J connectivity index is 1.82. The summed E-state index contributed by atoms with van der Waals surface area (Å²) in [6, 6.07) is 9.33. The van der Waals surface area contributed by atoms with Gasteiger partial charge in [-0.25, -0.2) is 4.39 Å². The fourth-order valence-electron chi connectivity index (χ4n) is 3.26. The zero-order chi connectivity index (χ0) is 16.9. The van der Waals surface area contributed by atoms with Gasteiger partial charge in [0.15, 0.2) is 5.43 Å². The van der Waals surface area contributed by atoms with E-state index in [0.717, 1.165) is 31.2 Å². The van der Waals surface area contributed by atoms with Gasteiger partial charge in [-0.15, -0.1) is 0 Å². The van der Waals surface area contributed by atoms with E-state index >= 15 is 0 Å². The molecule has 0 unspecified atom stereocenters. The third-order valence-corrected chi connectivity index (χ3v) is 4.48. The minimum absolute atomic E-state index is 0.00481. The normalized spacial score (nSPS) is 18.2. The van der Waals surface area contributed by atoms with Gasteiger partial charge in [-0.05, 0) is 30.5 Å². The molecule has 1 aliphatic rings. The molecule has 1 aromatic heterocycles. The van der Waals surface area contributed by atoms with E-state index in [1.54, 1.807) is 23.0 Å². The number of halogens is 1. The third-order valence-electron chi connectivity index (χ3n) is 4.48. The Morgan fingerprint density at radius 1 is 1.12 bits per heavy atom.